The van der Waals surface area contributed by atoms with E-state index in [1.54, 1.807) is 41.3 Å². The van der Waals surface area contributed by atoms with Gasteiger partial charge in [-0.2, -0.15) is 0 Å². The van der Waals surface area contributed by atoms with E-state index in [4.69, 9.17) is 4.74 Å². The van der Waals surface area contributed by atoms with Crippen LogP contribution in [0.5, 0.6) is 0 Å². The van der Waals surface area contributed by atoms with Crippen molar-refractivity contribution in [3.63, 3.8) is 0 Å². The SMILES string of the molecule is CC1COCCN1C(=O)c1cccc(NC(=O)Cc2ccc(F)cc2)c1. The molecular weight excluding hydrogens is 335 g/mol. The average Bonchev–Trinajstić information content (AvgIpc) is 2.64. The largest absolute Gasteiger partial charge is 0.377 e. The van der Waals surface area contributed by atoms with Gasteiger partial charge in [0.2, 0.25) is 5.91 Å². The summed E-state index contributed by atoms with van der Waals surface area (Å²) in [5.41, 5.74) is 1.81. The zero-order chi connectivity index (χ0) is 18.5. The van der Waals surface area contributed by atoms with Crippen LogP contribution in [0.3, 0.4) is 0 Å². The number of benzene rings is 2. The van der Waals surface area contributed by atoms with Gasteiger partial charge in [-0.05, 0) is 42.8 Å². The molecule has 2 aromatic rings. The fourth-order valence-corrected chi connectivity index (χ4v) is 2.92. The third-order valence-corrected chi connectivity index (χ3v) is 4.30. The Labute approximate surface area is 151 Å². The molecule has 1 N–H and O–H groups in total. The second kappa shape index (κ2) is 8.10. The molecule has 0 bridgehead atoms. The molecule has 1 aliphatic heterocycles. The standard InChI is InChI=1S/C20H21FN2O3/c1-14-13-26-10-9-23(14)20(25)16-3-2-4-18(12-16)22-19(24)11-15-5-7-17(21)8-6-15/h2-8,12,14H,9-11,13H2,1H3,(H,22,24). The number of hydrogen-bond acceptors (Lipinski definition) is 3. The number of halogens is 1. The lowest BCUT2D eigenvalue weighted by molar-refractivity contribution is -0.115. The van der Waals surface area contributed by atoms with Crippen LogP contribution in [0.4, 0.5) is 10.1 Å². The van der Waals surface area contributed by atoms with Crippen molar-refractivity contribution in [1.29, 1.82) is 0 Å². The normalized spacial score (nSPS) is 17.0. The molecule has 1 saturated heterocycles. The van der Waals surface area contributed by atoms with E-state index in [-0.39, 0.29) is 30.1 Å². The van der Waals surface area contributed by atoms with Gasteiger partial charge in [-0.3, -0.25) is 9.59 Å². The number of rotatable bonds is 4. The number of morpholine rings is 1. The molecule has 2 aromatic carbocycles. The maximum atomic E-state index is 12.9. The van der Waals surface area contributed by atoms with E-state index in [0.29, 0.717) is 31.0 Å². The minimum Gasteiger partial charge on any atom is -0.377 e. The van der Waals surface area contributed by atoms with Crippen molar-refractivity contribution in [2.75, 3.05) is 25.1 Å². The zero-order valence-electron chi connectivity index (χ0n) is 14.6. The van der Waals surface area contributed by atoms with Crippen molar-refractivity contribution < 1.29 is 18.7 Å². The lowest BCUT2D eigenvalue weighted by Crippen LogP contribution is -2.47. The molecule has 1 unspecified atom stereocenters. The number of carbonyl (C=O) groups is 2. The van der Waals surface area contributed by atoms with Crippen LogP contribution in [-0.2, 0) is 16.0 Å². The molecule has 1 atom stereocenters. The van der Waals surface area contributed by atoms with Gasteiger partial charge in [-0.15, -0.1) is 0 Å². The molecule has 0 spiro atoms. The minimum absolute atomic E-state index is 0.0213. The van der Waals surface area contributed by atoms with Crippen LogP contribution in [-0.4, -0.2) is 42.5 Å². The van der Waals surface area contributed by atoms with E-state index in [0.717, 1.165) is 5.56 Å². The summed E-state index contributed by atoms with van der Waals surface area (Å²) in [6.45, 7) is 3.57. The first kappa shape index (κ1) is 18.1. The quantitative estimate of drug-likeness (QED) is 0.916. The number of hydrogen-bond donors (Lipinski definition) is 1. The summed E-state index contributed by atoms with van der Waals surface area (Å²) in [6, 6.07) is 12.7. The third-order valence-electron chi connectivity index (χ3n) is 4.30. The van der Waals surface area contributed by atoms with Gasteiger partial charge in [-0.25, -0.2) is 4.39 Å². The van der Waals surface area contributed by atoms with Gasteiger partial charge in [0.15, 0.2) is 0 Å². The summed E-state index contributed by atoms with van der Waals surface area (Å²) >= 11 is 0. The van der Waals surface area contributed by atoms with Crippen molar-refractivity contribution in [1.82, 2.24) is 4.90 Å². The van der Waals surface area contributed by atoms with Gasteiger partial charge in [0, 0.05) is 17.8 Å². The number of nitrogens with zero attached hydrogens (tertiary/aromatic N) is 1. The van der Waals surface area contributed by atoms with Gasteiger partial charge in [0.05, 0.1) is 25.7 Å². The Morgan fingerprint density at radius 2 is 2.00 bits per heavy atom. The Bertz CT molecular complexity index is 792. The second-order valence-electron chi connectivity index (χ2n) is 6.35. The maximum absolute atomic E-state index is 12.9. The first-order valence-corrected chi connectivity index (χ1v) is 8.56. The van der Waals surface area contributed by atoms with Crippen LogP contribution in [0.25, 0.3) is 0 Å². The second-order valence-corrected chi connectivity index (χ2v) is 6.35. The Kier molecular flexibility index (Phi) is 5.63. The Morgan fingerprint density at radius 1 is 1.23 bits per heavy atom. The third kappa shape index (κ3) is 4.46. The van der Waals surface area contributed by atoms with Crippen LogP contribution in [0.15, 0.2) is 48.5 Å². The highest BCUT2D eigenvalue weighted by Crippen LogP contribution is 2.16. The Morgan fingerprint density at radius 3 is 2.73 bits per heavy atom. The predicted octanol–water partition coefficient (Wildman–Crippen LogP) is 2.87. The van der Waals surface area contributed by atoms with Crippen LogP contribution in [0.2, 0.25) is 0 Å². The monoisotopic (exact) mass is 356 g/mol. The van der Waals surface area contributed by atoms with E-state index in [1.807, 2.05) is 6.92 Å². The van der Waals surface area contributed by atoms with Crippen molar-refractivity contribution in [3.05, 3.63) is 65.5 Å². The van der Waals surface area contributed by atoms with Crippen LogP contribution < -0.4 is 5.32 Å². The summed E-state index contributed by atoms with van der Waals surface area (Å²) in [6.07, 6.45) is 0.138. The summed E-state index contributed by atoms with van der Waals surface area (Å²) < 4.78 is 18.3. The lowest BCUT2D eigenvalue weighted by Gasteiger charge is -2.33. The summed E-state index contributed by atoms with van der Waals surface area (Å²) in [7, 11) is 0. The van der Waals surface area contributed by atoms with E-state index in [9.17, 15) is 14.0 Å². The molecule has 1 heterocycles. The van der Waals surface area contributed by atoms with Crippen molar-refractivity contribution in [3.8, 4) is 0 Å². The molecule has 26 heavy (non-hydrogen) atoms. The van der Waals surface area contributed by atoms with Crippen LogP contribution >= 0.6 is 0 Å². The maximum Gasteiger partial charge on any atom is 0.254 e. The van der Waals surface area contributed by atoms with Gasteiger partial charge in [-0.1, -0.05) is 18.2 Å². The minimum atomic E-state index is -0.335. The average molecular weight is 356 g/mol. The molecule has 0 radical (unpaired) electrons. The molecule has 6 heteroatoms. The van der Waals surface area contributed by atoms with Crippen molar-refractivity contribution >= 4 is 17.5 Å². The van der Waals surface area contributed by atoms with Gasteiger partial charge < -0.3 is 15.0 Å². The fourth-order valence-electron chi connectivity index (χ4n) is 2.92. The van der Waals surface area contributed by atoms with Crippen molar-refractivity contribution in [2.45, 2.75) is 19.4 Å². The lowest BCUT2D eigenvalue weighted by atomic mass is 10.1. The number of carbonyl (C=O) groups excluding carboxylic acids is 2. The summed E-state index contributed by atoms with van der Waals surface area (Å²) in [5.74, 6) is -0.630. The zero-order valence-corrected chi connectivity index (χ0v) is 14.6. The molecule has 136 valence electrons. The molecule has 0 aromatic heterocycles. The smallest absolute Gasteiger partial charge is 0.254 e. The molecule has 1 aliphatic rings. The molecule has 0 aliphatic carbocycles. The molecular formula is C20H21FN2O3. The van der Waals surface area contributed by atoms with Crippen LogP contribution in [0.1, 0.15) is 22.8 Å². The van der Waals surface area contributed by atoms with E-state index in [1.165, 1.54) is 12.1 Å². The predicted molar refractivity (Wildman–Crippen MR) is 96.5 cm³/mol. The number of amides is 2. The number of ether oxygens (including phenoxy) is 1. The molecule has 5 nitrogen and oxygen atoms in total. The molecule has 0 saturated carbocycles. The van der Waals surface area contributed by atoms with Crippen LogP contribution in [0, 0.1) is 5.82 Å². The van der Waals surface area contributed by atoms with Crippen molar-refractivity contribution in [2.24, 2.45) is 0 Å². The molecule has 2 amide bonds. The summed E-state index contributed by atoms with van der Waals surface area (Å²) in [5, 5.41) is 2.79. The Hall–Kier alpha value is -2.73. The highest BCUT2D eigenvalue weighted by molar-refractivity contribution is 5.97. The van der Waals surface area contributed by atoms with Gasteiger partial charge in [0.1, 0.15) is 5.82 Å². The fraction of sp³-hybridized carbons (Fsp3) is 0.300. The van der Waals surface area contributed by atoms with Gasteiger partial charge >= 0.3 is 0 Å². The van der Waals surface area contributed by atoms with E-state index in [2.05, 4.69) is 5.32 Å². The topological polar surface area (TPSA) is 58.6 Å². The first-order valence-electron chi connectivity index (χ1n) is 8.56. The first-order chi connectivity index (χ1) is 12.5. The number of anilines is 1. The van der Waals surface area contributed by atoms with E-state index >= 15 is 0 Å². The molecule has 3 rings (SSSR count). The van der Waals surface area contributed by atoms with E-state index < -0.39 is 0 Å². The Balaban J connectivity index is 1.65. The highest BCUT2D eigenvalue weighted by Gasteiger charge is 2.24. The van der Waals surface area contributed by atoms with Gasteiger partial charge in [0.25, 0.3) is 5.91 Å². The summed E-state index contributed by atoms with van der Waals surface area (Å²) in [4.78, 5) is 26.7. The number of nitrogens with one attached hydrogen (secondary N) is 1. The highest BCUT2D eigenvalue weighted by atomic mass is 19.1. The molecule has 1 fully saturated rings.